The summed E-state index contributed by atoms with van der Waals surface area (Å²) in [6, 6.07) is 11.3. The Kier molecular flexibility index (Phi) is 3.67. The van der Waals surface area contributed by atoms with Crippen LogP contribution in [-0.4, -0.2) is 11.1 Å². The van der Waals surface area contributed by atoms with Gasteiger partial charge in [0, 0.05) is 23.4 Å². The normalized spacial score (nSPS) is 10.3. The van der Waals surface area contributed by atoms with Crippen molar-refractivity contribution in [2.24, 2.45) is 0 Å². The largest absolute Gasteiger partial charge is 0.477 e. The summed E-state index contributed by atoms with van der Waals surface area (Å²) in [6.07, 6.45) is 1.66. The van der Waals surface area contributed by atoms with E-state index in [4.69, 9.17) is 5.11 Å². The van der Waals surface area contributed by atoms with Crippen LogP contribution in [-0.2, 0) is 6.54 Å². The highest BCUT2D eigenvalue weighted by Gasteiger charge is 2.12. The standard InChI is InChI=1S/C14H13NO2S/c1-10-2-5-12(14(16)17)9-15(10)8-11-3-6-13(18)7-4-11/h2-7,9H,8H2,1H3,(H-,16,17,18)/p+1. The quantitative estimate of drug-likeness (QED) is 0.657. The van der Waals surface area contributed by atoms with Crippen LogP contribution >= 0.6 is 12.6 Å². The number of aromatic nitrogens is 1. The van der Waals surface area contributed by atoms with E-state index in [1.165, 1.54) is 0 Å². The molecule has 0 aliphatic heterocycles. The van der Waals surface area contributed by atoms with Gasteiger partial charge in [0.15, 0.2) is 18.4 Å². The molecule has 0 fully saturated rings. The number of carboxylic acids is 1. The van der Waals surface area contributed by atoms with Gasteiger partial charge in [-0.2, -0.15) is 4.57 Å². The number of carbonyl (C=O) groups is 1. The summed E-state index contributed by atoms with van der Waals surface area (Å²) in [6.45, 7) is 2.61. The highest BCUT2D eigenvalue weighted by molar-refractivity contribution is 7.80. The number of rotatable bonds is 3. The molecule has 1 heterocycles. The molecular weight excluding hydrogens is 246 g/mol. The van der Waals surface area contributed by atoms with Gasteiger partial charge in [-0.3, -0.25) is 0 Å². The van der Waals surface area contributed by atoms with E-state index in [1.807, 2.05) is 41.8 Å². The Balaban J connectivity index is 2.30. The van der Waals surface area contributed by atoms with Crippen molar-refractivity contribution < 1.29 is 14.5 Å². The van der Waals surface area contributed by atoms with Crippen molar-refractivity contribution in [1.82, 2.24) is 0 Å². The molecule has 1 aromatic carbocycles. The number of thiol groups is 1. The highest BCUT2D eigenvalue weighted by atomic mass is 32.1. The molecule has 2 aromatic rings. The second-order valence-corrected chi connectivity index (χ2v) is 4.68. The molecule has 18 heavy (non-hydrogen) atoms. The number of aryl methyl sites for hydroxylation is 1. The number of aromatic carboxylic acids is 1. The van der Waals surface area contributed by atoms with Crippen molar-refractivity contribution in [2.45, 2.75) is 18.4 Å². The van der Waals surface area contributed by atoms with Gasteiger partial charge in [0.2, 0.25) is 0 Å². The number of carboxylic acid groups (broad SMARTS) is 1. The first kappa shape index (κ1) is 12.6. The van der Waals surface area contributed by atoms with Gasteiger partial charge in [0.1, 0.15) is 5.56 Å². The molecule has 0 atom stereocenters. The Hall–Kier alpha value is -1.81. The number of hydrogen-bond acceptors (Lipinski definition) is 2. The van der Waals surface area contributed by atoms with Gasteiger partial charge in [-0.15, -0.1) is 12.6 Å². The molecule has 0 amide bonds. The molecule has 92 valence electrons. The maximum Gasteiger partial charge on any atom is 0.341 e. The summed E-state index contributed by atoms with van der Waals surface area (Å²) < 4.78 is 1.93. The smallest absolute Gasteiger partial charge is 0.341 e. The Morgan fingerprint density at radius 1 is 1.22 bits per heavy atom. The van der Waals surface area contributed by atoms with Gasteiger partial charge in [-0.1, -0.05) is 12.1 Å². The van der Waals surface area contributed by atoms with Crippen LogP contribution in [0.4, 0.5) is 0 Å². The lowest BCUT2D eigenvalue weighted by Gasteiger charge is -2.02. The fourth-order valence-electron chi connectivity index (χ4n) is 1.71. The molecular formula is C14H14NO2S+. The molecule has 1 N–H and O–H groups in total. The summed E-state index contributed by atoms with van der Waals surface area (Å²) in [7, 11) is 0. The number of benzene rings is 1. The first-order chi connectivity index (χ1) is 8.56. The van der Waals surface area contributed by atoms with Gasteiger partial charge < -0.3 is 5.11 Å². The molecule has 4 heteroatoms. The lowest BCUT2D eigenvalue weighted by molar-refractivity contribution is -0.694. The zero-order chi connectivity index (χ0) is 13.1. The summed E-state index contributed by atoms with van der Waals surface area (Å²) in [5, 5.41) is 8.98. The first-order valence-electron chi connectivity index (χ1n) is 5.57. The molecule has 0 aliphatic carbocycles. The van der Waals surface area contributed by atoms with E-state index in [-0.39, 0.29) is 0 Å². The van der Waals surface area contributed by atoms with Gasteiger partial charge in [0.05, 0.1) is 0 Å². The molecule has 0 aliphatic rings. The Morgan fingerprint density at radius 3 is 2.50 bits per heavy atom. The third kappa shape index (κ3) is 2.90. The fourth-order valence-corrected chi connectivity index (χ4v) is 1.86. The predicted octanol–water partition coefficient (Wildman–Crippen LogP) is 2.32. The van der Waals surface area contributed by atoms with E-state index in [1.54, 1.807) is 12.3 Å². The van der Waals surface area contributed by atoms with Gasteiger partial charge in [-0.05, 0) is 18.2 Å². The van der Waals surface area contributed by atoms with Crippen molar-refractivity contribution in [2.75, 3.05) is 0 Å². The summed E-state index contributed by atoms with van der Waals surface area (Å²) in [4.78, 5) is 11.9. The molecule has 3 nitrogen and oxygen atoms in total. The van der Waals surface area contributed by atoms with Crippen molar-refractivity contribution in [3.8, 4) is 0 Å². The van der Waals surface area contributed by atoms with Gasteiger partial charge >= 0.3 is 5.97 Å². The average molecular weight is 260 g/mol. The van der Waals surface area contributed by atoms with Crippen LogP contribution in [0.2, 0.25) is 0 Å². The second-order valence-electron chi connectivity index (χ2n) is 4.16. The van der Waals surface area contributed by atoms with E-state index >= 15 is 0 Å². The maximum atomic E-state index is 10.9. The summed E-state index contributed by atoms with van der Waals surface area (Å²) >= 11 is 4.24. The SMILES string of the molecule is Cc1ccc(C(=O)O)c[n+]1Cc1ccc(S)cc1. The lowest BCUT2D eigenvalue weighted by atomic mass is 10.2. The molecule has 2 rings (SSSR count). The van der Waals surface area contributed by atoms with Gasteiger partial charge in [0.25, 0.3) is 0 Å². The van der Waals surface area contributed by atoms with Crippen LogP contribution in [0, 0.1) is 6.92 Å². The zero-order valence-electron chi connectivity index (χ0n) is 10.00. The highest BCUT2D eigenvalue weighted by Crippen LogP contribution is 2.08. The van der Waals surface area contributed by atoms with E-state index in [0.717, 1.165) is 16.2 Å². The predicted molar refractivity (Wildman–Crippen MR) is 71.1 cm³/mol. The maximum absolute atomic E-state index is 10.9. The molecule has 0 saturated carbocycles. The Labute approximate surface area is 111 Å². The average Bonchev–Trinajstić information content (AvgIpc) is 2.34. The number of pyridine rings is 1. The minimum Gasteiger partial charge on any atom is -0.477 e. The Morgan fingerprint density at radius 2 is 1.89 bits per heavy atom. The van der Waals surface area contributed by atoms with Crippen molar-refractivity contribution in [3.63, 3.8) is 0 Å². The third-order valence-corrected chi connectivity index (χ3v) is 3.09. The van der Waals surface area contributed by atoms with E-state index in [9.17, 15) is 4.79 Å². The van der Waals surface area contributed by atoms with Crippen molar-refractivity contribution in [3.05, 3.63) is 59.4 Å². The summed E-state index contributed by atoms with van der Waals surface area (Å²) in [5.41, 5.74) is 2.44. The van der Waals surface area contributed by atoms with Crippen LogP contribution in [0.15, 0.2) is 47.5 Å². The van der Waals surface area contributed by atoms with E-state index < -0.39 is 5.97 Å². The van der Waals surface area contributed by atoms with Crippen molar-refractivity contribution in [1.29, 1.82) is 0 Å². The number of hydrogen-bond donors (Lipinski definition) is 2. The van der Waals surface area contributed by atoms with E-state index in [2.05, 4.69) is 12.6 Å². The van der Waals surface area contributed by atoms with Crippen LogP contribution in [0.3, 0.4) is 0 Å². The molecule has 0 bridgehead atoms. The Bertz CT molecular complexity index is 579. The van der Waals surface area contributed by atoms with E-state index in [0.29, 0.717) is 12.1 Å². The van der Waals surface area contributed by atoms with Crippen LogP contribution in [0.1, 0.15) is 21.6 Å². The fraction of sp³-hybridized carbons (Fsp3) is 0.143. The minimum atomic E-state index is -0.908. The van der Waals surface area contributed by atoms with Crippen LogP contribution in [0.5, 0.6) is 0 Å². The van der Waals surface area contributed by atoms with Gasteiger partial charge in [-0.25, -0.2) is 4.79 Å². The molecule has 0 radical (unpaired) electrons. The molecule has 0 spiro atoms. The third-order valence-electron chi connectivity index (χ3n) is 2.79. The lowest BCUT2D eigenvalue weighted by Crippen LogP contribution is -2.38. The molecule has 0 unspecified atom stereocenters. The topological polar surface area (TPSA) is 41.2 Å². The minimum absolute atomic E-state index is 0.298. The first-order valence-corrected chi connectivity index (χ1v) is 6.02. The van der Waals surface area contributed by atoms with Crippen LogP contribution < -0.4 is 4.57 Å². The number of nitrogens with zero attached hydrogens (tertiary/aromatic N) is 1. The zero-order valence-corrected chi connectivity index (χ0v) is 10.9. The summed E-state index contributed by atoms with van der Waals surface area (Å²) in [5.74, 6) is -0.908. The van der Waals surface area contributed by atoms with Crippen molar-refractivity contribution >= 4 is 18.6 Å². The van der Waals surface area contributed by atoms with Crippen LogP contribution in [0.25, 0.3) is 0 Å². The molecule has 1 aromatic heterocycles. The molecule has 0 saturated heterocycles. The monoisotopic (exact) mass is 260 g/mol. The second kappa shape index (κ2) is 5.23.